The van der Waals surface area contributed by atoms with Crippen molar-refractivity contribution in [1.82, 2.24) is 4.90 Å². The van der Waals surface area contributed by atoms with Crippen molar-refractivity contribution in [3.05, 3.63) is 29.3 Å². The second kappa shape index (κ2) is 5.93. The Morgan fingerprint density at radius 3 is 2.63 bits per heavy atom. The van der Waals surface area contributed by atoms with Crippen molar-refractivity contribution in [3.8, 4) is 0 Å². The molecule has 2 atom stereocenters. The summed E-state index contributed by atoms with van der Waals surface area (Å²) in [6.45, 7) is 9.58. The standard InChI is InChI=1S/C16H27N3/c1-12-5-6-15(9-13(12)2)19-14(3)7-8-18(4)11-16(19)10-17/h5-6,9,14,16H,7-8,10-11,17H2,1-4H3. The predicted octanol–water partition coefficient (Wildman–Crippen LogP) is 2.16. The van der Waals surface area contributed by atoms with E-state index >= 15 is 0 Å². The largest absolute Gasteiger partial charge is 0.363 e. The number of hydrogen-bond donors (Lipinski definition) is 1. The molecule has 1 aromatic carbocycles. The number of nitrogens with two attached hydrogens (primary N) is 1. The van der Waals surface area contributed by atoms with Gasteiger partial charge in [0.1, 0.15) is 0 Å². The third-order valence-corrected chi connectivity index (χ3v) is 4.38. The summed E-state index contributed by atoms with van der Waals surface area (Å²) in [5.74, 6) is 0. The van der Waals surface area contributed by atoms with E-state index < -0.39 is 0 Å². The minimum atomic E-state index is 0.407. The predicted molar refractivity (Wildman–Crippen MR) is 82.8 cm³/mol. The maximum absolute atomic E-state index is 6.02. The first-order valence-electron chi connectivity index (χ1n) is 7.27. The molecule has 1 fully saturated rings. The topological polar surface area (TPSA) is 32.5 Å². The second-order valence-corrected chi connectivity index (χ2v) is 5.97. The number of rotatable bonds is 2. The molecule has 2 N–H and O–H groups in total. The summed E-state index contributed by atoms with van der Waals surface area (Å²) in [7, 11) is 2.19. The Balaban J connectivity index is 2.34. The smallest absolute Gasteiger partial charge is 0.0542 e. The van der Waals surface area contributed by atoms with Crippen LogP contribution in [-0.4, -0.2) is 43.7 Å². The molecule has 106 valence electrons. The monoisotopic (exact) mass is 261 g/mol. The molecule has 2 unspecified atom stereocenters. The molecule has 2 rings (SSSR count). The molecule has 1 heterocycles. The third-order valence-electron chi connectivity index (χ3n) is 4.38. The molecule has 0 radical (unpaired) electrons. The van der Waals surface area contributed by atoms with Gasteiger partial charge in [-0.05, 0) is 64.0 Å². The Labute approximate surface area is 117 Å². The summed E-state index contributed by atoms with van der Waals surface area (Å²) in [5, 5.41) is 0. The van der Waals surface area contributed by atoms with E-state index in [-0.39, 0.29) is 0 Å². The van der Waals surface area contributed by atoms with E-state index in [4.69, 9.17) is 5.73 Å². The van der Waals surface area contributed by atoms with Gasteiger partial charge in [0, 0.05) is 24.8 Å². The van der Waals surface area contributed by atoms with Gasteiger partial charge in [0.05, 0.1) is 6.04 Å². The minimum absolute atomic E-state index is 0.407. The Kier molecular flexibility index (Phi) is 4.48. The van der Waals surface area contributed by atoms with Gasteiger partial charge in [-0.15, -0.1) is 0 Å². The van der Waals surface area contributed by atoms with Crippen molar-refractivity contribution < 1.29 is 0 Å². The zero-order chi connectivity index (χ0) is 14.0. The van der Waals surface area contributed by atoms with Crippen LogP contribution in [0.5, 0.6) is 0 Å². The van der Waals surface area contributed by atoms with Crippen LogP contribution >= 0.6 is 0 Å². The lowest BCUT2D eigenvalue weighted by Crippen LogP contribution is -2.48. The normalized spacial score (nSPS) is 25.4. The molecule has 0 bridgehead atoms. The average Bonchev–Trinajstić information content (AvgIpc) is 2.52. The van der Waals surface area contributed by atoms with Crippen LogP contribution in [0.3, 0.4) is 0 Å². The van der Waals surface area contributed by atoms with Gasteiger partial charge in [-0.25, -0.2) is 0 Å². The highest BCUT2D eigenvalue weighted by Crippen LogP contribution is 2.26. The summed E-state index contributed by atoms with van der Waals surface area (Å²) in [6, 6.07) is 7.72. The first-order valence-corrected chi connectivity index (χ1v) is 7.27. The maximum Gasteiger partial charge on any atom is 0.0542 e. The molecule has 0 saturated carbocycles. The van der Waals surface area contributed by atoms with Crippen molar-refractivity contribution >= 4 is 5.69 Å². The lowest BCUT2D eigenvalue weighted by Gasteiger charge is -2.36. The summed E-state index contributed by atoms with van der Waals surface area (Å²) >= 11 is 0. The van der Waals surface area contributed by atoms with Crippen LogP contribution in [0, 0.1) is 13.8 Å². The van der Waals surface area contributed by atoms with Crippen LogP contribution in [0.1, 0.15) is 24.5 Å². The fourth-order valence-electron chi connectivity index (χ4n) is 2.98. The summed E-state index contributed by atoms with van der Waals surface area (Å²) in [5.41, 5.74) is 10.1. The molecule has 0 amide bonds. The van der Waals surface area contributed by atoms with E-state index in [0.717, 1.165) is 13.1 Å². The van der Waals surface area contributed by atoms with Gasteiger partial charge >= 0.3 is 0 Å². The van der Waals surface area contributed by atoms with Crippen molar-refractivity contribution in [1.29, 1.82) is 0 Å². The van der Waals surface area contributed by atoms with E-state index in [1.807, 2.05) is 0 Å². The lowest BCUT2D eigenvalue weighted by atomic mass is 10.1. The van der Waals surface area contributed by atoms with Gasteiger partial charge in [0.2, 0.25) is 0 Å². The molecule has 0 aromatic heterocycles. The quantitative estimate of drug-likeness (QED) is 0.885. The number of nitrogens with zero attached hydrogens (tertiary/aromatic N) is 2. The summed E-state index contributed by atoms with van der Waals surface area (Å²) in [4.78, 5) is 4.92. The number of benzene rings is 1. The van der Waals surface area contributed by atoms with Crippen molar-refractivity contribution in [2.75, 3.05) is 31.6 Å². The highest BCUT2D eigenvalue weighted by Gasteiger charge is 2.27. The molecule has 1 aromatic rings. The fraction of sp³-hybridized carbons (Fsp3) is 0.625. The van der Waals surface area contributed by atoms with Crippen LogP contribution in [0.15, 0.2) is 18.2 Å². The molecular formula is C16H27N3. The number of hydrogen-bond acceptors (Lipinski definition) is 3. The molecule has 0 spiro atoms. The number of anilines is 1. The maximum atomic E-state index is 6.02. The highest BCUT2D eigenvalue weighted by molar-refractivity contribution is 5.52. The molecule has 1 saturated heterocycles. The Hall–Kier alpha value is -1.06. The SMILES string of the molecule is Cc1ccc(N2C(C)CCN(C)CC2CN)cc1C. The molecular weight excluding hydrogens is 234 g/mol. The van der Waals surface area contributed by atoms with Crippen LogP contribution in [-0.2, 0) is 0 Å². The van der Waals surface area contributed by atoms with Crippen LogP contribution in [0.2, 0.25) is 0 Å². The Bertz CT molecular complexity index is 430. The molecule has 3 nitrogen and oxygen atoms in total. The van der Waals surface area contributed by atoms with E-state index in [9.17, 15) is 0 Å². The summed E-state index contributed by atoms with van der Waals surface area (Å²) in [6.07, 6.45) is 1.19. The van der Waals surface area contributed by atoms with Crippen molar-refractivity contribution in [2.45, 2.75) is 39.3 Å². The van der Waals surface area contributed by atoms with E-state index in [1.165, 1.54) is 23.2 Å². The second-order valence-electron chi connectivity index (χ2n) is 5.97. The molecule has 1 aliphatic rings. The van der Waals surface area contributed by atoms with E-state index in [0.29, 0.717) is 18.6 Å². The van der Waals surface area contributed by atoms with Gasteiger partial charge in [-0.2, -0.15) is 0 Å². The number of aryl methyl sites for hydroxylation is 2. The van der Waals surface area contributed by atoms with E-state index in [2.05, 4.69) is 55.8 Å². The summed E-state index contributed by atoms with van der Waals surface area (Å²) < 4.78 is 0. The van der Waals surface area contributed by atoms with Crippen molar-refractivity contribution in [3.63, 3.8) is 0 Å². The van der Waals surface area contributed by atoms with Gasteiger partial charge in [0.25, 0.3) is 0 Å². The molecule has 19 heavy (non-hydrogen) atoms. The van der Waals surface area contributed by atoms with Gasteiger partial charge < -0.3 is 15.5 Å². The van der Waals surface area contributed by atoms with Crippen molar-refractivity contribution in [2.24, 2.45) is 5.73 Å². The van der Waals surface area contributed by atoms with Gasteiger partial charge in [-0.1, -0.05) is 6.07 Å². The Morgan fingerprint density at radius 2 is 2.00 bits per heavy atom. The van der Waals surface area contributed by atoms with E-state index in [1.54, 1.807) is 0 Å². The van der Waals surface area contributed by atoms with Gasteiger partial charge in [-0.3, -0.25) is 0 Å². The number of likely N-dealkylation sites (N-methyl/N-ethyl adjacent to an activating group) is 1. The first-order chi connectivity index (χ1) is 9.02. The van der Waals surface area contributed by atoms with Crippen LogP contribution in [0.4, 0.5) is 5.69 Å². The molecule has 3 heteroatoms. The first kappa shape index (κ1) is 14.4. The zero-order valence-electron chi connectivity index (χ0n) is 12.7. The highest BCUT2D eigenvalue weighted by atomic mass is 15.3. The third kappa shape index (κ3) is 3.10. The average molecular weight is 261 g/mol. The van der Waals surface area contributed by atoms with Crippen LogP contribution in [0.25, 0.3) is 0 Å². The minimum Gasteiger partial charge on any atom is -0.363 e. The zero-order valence-corrected chi connectivity index (χ0v) is 12.7. The molecule has 0 aliphatic carbocycles. The van der Waals surface area contributed by atoms with Crippen LogP contribution < -0.4 is 10.6 Å². The van der Waals surface area contributed by atoms with Gasteiger partial charge in [0.15, 0.2) is 0 Å². The lowest BCUT2D eigenvalue weighted by molar-refractivity contribution is 0.332. The fourth-order valence-corrected chi connectivity index (χ4v) is 2.98. The Morgan fingerprint density at radius 1 is 1.26 bits per heavy atom. The molecule has 1 aliphatic heterocycles.